The Labute approximate surface area is 491 Å². The number of nitrogens with two attached hydrogens (primary N) is 2. The number of nitrogens with zero attached hydrogens (tertiary/aromatic N) is 3. The first-order chi connectivity index (χ1) is 37.7. The van der Waals surface area contributed by atoms with Gasteiger partial charge in [0.15, 0.2) is 0 Å². The van der Waals surface area contributed by atoms with E-state index in [1.807, 2.05) is 6.20 Å². The van der Waals surface area contributed by atoms with E-state index in [1.54, 1.807) is 5.01 Å². The van der Waals surface area contributed by atoms with E-state index in [-0.39, 0.29) is 30.3 Å². The molecule has 0 bridgehead atoms. The van der Waals surface area contributed by atoms with E-state index in [2.05, 4.69) is 92.9 Å². The van der Waals surface area contributed by atoms with Crippen LogP contribution in [0, 0.1) is 47.3 Å². The minimum atomic E-state index is -0.173. The zero-order valence-corrected chi connectivity index (χ0v) is 54.7. The summed E-state index contributed by atoms with van der Waals surface area (Å²) in [7, 11) is 0. The van der Waals surface area contributed by atoms with Crippen molar-refractivity contribution in [2.75, 3.05) is 45.8 Å². The Hall–Kier alpha value is -1.88. The lowest BCUT2D eigenvalue weighted by Crippen LogP contribution is -2.41. The molecule has 79 heavy (non-hydrogen) atoms. The van der Waals surface area contributed by atoms with Gasteiger partial charge in [-0.3, -0.25) is 9.59 Å². The zero-order valence-electron chi connectivity index (χ0n) is 54.7. The van der Waals surface area contributed by atoms with Crippen molar-refractivity contribution in [2.24, 2.45) is 58.9 Å². The second-order valence-electron chi connectivity index (χ2n) is 27.9. The van der Waals surface area contributed by atoms with Crippen LogP contribution in [0.15, 0.2) is 11.9 Å². The molecule has 1 heterocycles. The maximum Gasteiger partial charge on any atom is 0.306 e. The number of hydrogen-bond acceptors (Lipinski definition) is 10. The number of hydrogen-bond donors (Lipinski definition) is 3. The highest BCUT2D eigenvalue weighted by atomic mass is 16.5. The maximum atomic E-state index is 13.3. The van der Waals surface area contributed by atoms with Gasteiger partial charge in [-0.15, -0.1) is 0 Å². The third-order valence-electron chi connectivity index (χ3n) is 17.4. The van der Waals surface area contributed by atoms with E-state index in [1.165, 1.54) is 77.0 Å². The molecule has 10 nitrogen and oxygen atoms in total. The lowest BCUT2D eigenvalue weighted by Gasteiger charge is -2.30. The van der Waals surface area contributed by atoms with Gasteiger partial charge < -0.3 is 35.1 Å². The third-order valence-corrected chi connectivity index (χ3v) is 17.4. The number of carbonyl (C=O) groups excluding carboxylic acids is 2. The summed E-state index contributed by atoms with van der Waals surface area (Å²) < 4.78 is 12.5. The van der Waals surface area contributed by atoms with Crippen molar-refractivity contribution in [1.29, 1.82) is 0 Å². The average Bonchev–Trinajstić information content (AvgIpc) is 3.38. The fraction of sp³-hybridized carbons (Fsp3) is 0.942. The number of rotatable bonds is 53. The van der Waals surface area contributed by atoms with Gasteiger partial charge in [0.1, 0.15) is 12.2 Å². The van der Waals surface area contributed by atoms with E-state index >= 15 is 0 Å². The molecule has 1 aliphatic heterocycles. The van der Waals surface area contributed by atoms with E-state index in [0.29, 0.717) is 43.1 Å². The Morgan fingerprint density at radius 1 is 0.456 bits per heavy atom. The van der Waals surface area contributed by atoms with E-state index in [4.69, 9.17) is 21.1 Å². The minimum absolute atomic E-state index is 0.00391. The maximum absolute atomic E-state index is 13.3. The summed E-state index contributed by atoms with van der Waals surface area (Å²) >= 11 is 0. The molecule has 1 rings (SSSR count). The molecule has 1 saturated heterocycles. The predicted molar refractivity (Wildman–Crippen MR) is 339 cm³/mol. The summed E-state index contributed by atoms with van der Waals surface area (Å²) in [5.41, 5.74) is 7.40. The summed E-state index contributed by atoms with van der Waals surface area (Å²) in [6.45, 7) is 34.4. The quantitative estimate of drug-likeness (QED) is 0.0234. The normalized spacial score (nSPS) is 16.3. The predicted octanol–water partition coefficient (Wildman–Crippen LogP) is 17.6. The van der Waals surface area contributed by atoms with Crippen molar-refractivity contribution in [1.82, 2.24) is 14.8 Å². The number of aliphatic hydroxyl groups is 1. The van der Waals surface area contributed by atoms with Crippen molar-refractivity contribution >= 4 is 11.9 Å². The zero-order chi connectivity index (χ0) is 58.6. The molecular weight excluding hydrogens is 979 g/mol. The van der Waals surface area contributed by atoms with Gasteiger partial charge in [-0.2, -0.15) is 0 Å². The first-order valence-electron chi connectivity index (χ1n) is 34.2. The molecule has 4 atom stereocenters. The smallest absolute Gasteiger partial charge is 0.306 e. The molecule has 10 heteroatoms. The summed E-state index contributed by atoms with van der Waals surface area (Å²) in [4.78, 5) is 31.5. The first-order valence-corrected chi connectivity index (χ1v) is 34.2. The van der Waals surface area contributed by atoms with Crippen LogP contribution in [0.4, 0.5) is 0 Å². The first kappa shape index (κ1) is 75.1. The Balaban J connectivity index is 2.70. The molecule has 468 valence electrons. The van der Waals surface area contributed by atoms with Crippen molar-refractivity contribution in [3.8, 4) is 0 Å². The highest BCUT2D eigenvalue weighted by Crippen LogP contribution is 2.27. The van der Waals surface area contributed by atoms with Crippen molar-refractivity contribution in [2.45, 2.75) is 326 Å². The van der Waals surface area contributed by atoms with Gasteiger partial charge >= 0.3 is 11.9 Å². The number of unbranched alkanes of at least 4 members (excludes halogenated alkanes) is 8. The van der Waals surface area contributed by atoms with Gasteiger partial charge in [-0.25, -0.2) is 5.84 Å². The van der Waals surface area contributed by atoms with Gasteiger partial charge in [-0.1, -0.05) is 199 Å². The SMILES string of the molecule is CC(C)CCCC(C)CCC(CCC(C)CCCC(C)C)OC(=O)CCCCCCCN(CCCCCCCC(=O)OC(CCC(C)CCCC(C)C)CCC(C)CCCC(C)C)CC/C(N)=C/N(N)CCN1CCC(O)CC1. The van der Waals surface area contributed by atoms with Gasteiger partial charge in [-0.05, 0) is 150 Å². The fourth-order valence-electron chi connectivity index (χ4n) is 11.6. The van der Waals surface area contributed by atoms with Crippen LogP contribution in [0.5, 0.6) is 0 Å². The highest BCUT2D eigenvalue weighted by Gasteiger charge is 2.21. The van der Waals surface area contributed by atoms with Crippen LogP contribution in [-0.4, -0.2) is 96.0 Å². The van der Waals surface area contributed by atoms with Gasteiger partial charge in [0.05, 0.1) is 6.10 Å². The second-order valence-corrected chi connectivity index (χ2v) is 27.9. The molecule has 5 N–H and O–H groups in total. The Morgan fingerprint density at radius 2 is 0.797 bits per heavy atom. The standard InChI is InChI=1S/C69H137N5O5/c1-56(2)27-23-31-60(9)37-41-66(42-38-61(10)32-24-28-57(3)4)78-68(76)35-19-15-13-17-21-48-72(50-45-64(70)55-74(71)54-53-73-51-46-65(75)47-52-73)49-22-18-14-16-20-36-69(77)79-67(43-39-62(11)33-25-29-58(5)6)44-40-63(12)34-26-30-59(7)8/h55-63,65-67,75H,13-54,70-71H2,1-12H3/b64-55-. The molecule has 0 aromatic rings. The summed E-state index contributed by atoms with van der Waals surface area (Å²) in [6.07, 6.45) is 40.1. The molecule has 1 aliphatic rings. The summed E-state index contributed by atoms with van der Waals surface area (Å²) in [5, 5.41) is 11.6. The number of ether oxygens (including phenoxy) is 2. The van der Waals surface area contributed by atoms with Crippen LogP contribution in [0.25, 0.3) is 0 Å². The van der Waals surface area contributed by atoms with E-state index in [0.717, 1.165) is 203 Å². The lowest BCUT2D eigenvalue weighted by atomic mass is 9.91. The van der Waals surface area contributed by atoms with Gasteiger partial charge in [0.2, 0.25) is 0 Å². The minimum Gasteiger partial charge on any atom is -0.462 e. The third kappa shape index (κ3) is 47.2. The molecular formula is C69H137N5O5. The van der Waals surface area contributed by atoms with Gasteiger partial charge in [0.25, 0.3) is 0 Å². The van der Waals surface area contributed by atoms with Crippen LogP contribution < -0.4 is 11.6 Å². The molecule has 0 aromatic carbocycles. The van der Waals surface area contributed by atoms with Crippen molar-refractivity contribution in [3.05, 3.63) is 11.9 Å². The largest absolute Gasteiger partial charge is 0.462 e. The topological polar surface area (TPSA) is 135 Å². The van der Waals surface area contributed by atoms with Crippen LogP contribution in [-0.2, 0) is 19.1 Å². The molecule has 0 spiro atoms. The highest BCUT2D eigenvalue weighted by molar-refractivity contribution is 5.69. The van der Waals surface area contributed by atoms with E-state index in [9.17, 15) is 14.7 Å². The number of likely N-dealkylation sites (tertiary alicyclic amines) is 1. The number of aliphatic hydroxyl groups excluding tert-OH is 1. The molecule has 0 radical (unpaired) electrons. The number of carbonyl (C=O) groups is 2. The van der Waals surface area contributed by atoms with Crippen LogP contribution >= 0.6 is 0 Å². The molecule has 0 aliphatic carbocycles. The fourth-order valence-corrected chi connectivity index (χ4v) is 11.6. The van der Waals surface area contributed by atoms with Gasteiger partial charge in [0, 0.05) is 63.9 Å². The molecule has 4 unspecified atom stereocenters. The van der Waals surface area contributed by atoms with E-state index < -0.39 is 0 Å². The summed E-state index contributed by atoms with van der Waals surface area (Å²) in [6, 6.07) is 0. The number of piperidine rings is 1. The molecule has 0 aromatic heterocycles. The van der Waals surface area contributed by atoms with Crippen LogP contribution in [0.3, 0.4) is 0 Å². The lowest BCUT2D eigenvalue weighted by molar-refractivity contribution is -0.151. The molecule has 0 saturated carbocycles. The van der Waals surface area contributed by atoms with Crippen LogP contribution in [0.1, 0.15) is 308 Å². The van der Waals surface area contributed by atoms with Crippen molar-refractivity contribution < 1.29 is 24.2 Å². The average molecular weight is 1120 g/mol. The second kappa shape index (κ2) is 48.5. The Bertz CT molecular complexity index is 1320. The Morgan fingerprint density at radius 3 is 1.15 bits per heavy atom. The molecule has 1 fully saturated rings. The Kier molecular flexibility index (Phi) is 46.1. The summed E-state index contributed by atoms with van der Waals surface area (Å²) in [5.74, 6) is 12.2. The number of hydrazine groups is 1. The molecule has 0 amide bonds. The number of esters is 2. The van der Waals surface area contributed by atoms with Crippen molar-refractivity contribution in [3.63, 3.8) is 0 Å². The monoisotopic (exact) mass is 1120 g/mol. The van der Waals surface area contributed by atoms with Crippen LogP contribution in [0.2, 0.25) is 0 Å².